The highest BCUT2D eigenvalue weighted by Crippen LogP contribution is 2.34. The van der Waals surface area contributed by atoms with Crippen LogP contribution in [0, 0.1) is 5.82 Å². The predicted octanol–water partition coefficient (Wildman–Crippen LogP) is 3.23. The van der Waals surface area contributed by atoms with E-state index in [1.54, 1.807) is 49.9 Å². The molecule has 3 aromatic rings. The lowest BCUT2D eigenvalue weighted by Gasteiger charge is -2.27. The maximum Gasteiger partial charge on any atom is 0.360 e. The van der Waals surface area contributed by atoms with Crippen LogP contribution in [0.4, 0.5) is 15.1 Å². The number of morpholine rings is 1. The first kappa shape index (κ1) is 33.6. The molecule has 1 amide bonds. The minimum absolute atomic E-state index is 0.00595. The number of halogens is 1. The summed E-state index contributed by atoms with van der Waals surface area (Å²) < 4.78 is 60.3. The second-order valence-corrected chi connectivity index (χ2v) is 13.5. The fraction of sp³-hybridized carbons (Fsp3) is 0.379. The third-order valence-corrected chi connectivity index (χ3v) is 9.08. The quantitative estimate of drug-likeness (QED) is 0.187. The number of carbonyl (C=O) groups excluding carboxylic acids is 2. The van der Waals surface area contributed by atoms with Crippen molar-refractivity contribution in [3.05, 3.63) is 65.0 Å². The van der Waals surface area contributed by atoms with Crippen LogP contribution in [0.3, 0.4) is 0 Å². The Balaban J connectivity index is 1.60. The molecule has 1 saturated heterocycles. The number of ether oxygens (including phenoxy) is 3. The number of aromatic nitrogens is 1. The summed E-state index contributed by atoms with van der Waals surface area (Å²) in [5.74, 6) is -1.71. The SMILES string of the molecule is COc1ccc(CN(c2scnc2C(=O)OC(C)(C)C)S(=O)(=O)c2ccc(NC(=O)CN=C(N)N3CCOCC3)c(F)c2)cc1. The van der Waals surface area contributed by atoms with Crippen molar-refractivity contribution >= 4 is 49.9 Å². The Morgan fingerprint density at radius 1 is 1.18 bits per heavy atom. The van der Waals surface area contributed by atoms with E-state index < -0.39 is 38.2 Å². The van der Waals surface area contributed by atoms with Crippen molar-refractivity contribution in [2.75, 3.05) is 49.6 Å². The molecule has 1 aromatic heterocycles. The largest absolute Gasteiger partial charge is 0.497 e. The second kappa shape index (κ2) is 14.2. The minimum atomic E-state index is -4.48. The number of methoxy groups -OCH3 is 1. The molecule has 16 heteroatoms. The Morgan fingerprint density at radius 2 is 1.87 bits per heavy atom. The van der Waals surface area contributed by atoms with Gasteiger partial charge in [-0.1, -0.05) is 12.1 Å². The summed E-state index contributed by atoms with van der Waals surface area (Å²) in [5, 5.41) is 2.39. The number of carbonyl (C=O) groups is 2. The molecule has 0 saturated carbocycles. The minimum Gasteiger partial charge on any atom is -0.497 e. The van der Waals surface area contributed by atoms with Crippen molar-refractivity contribution < 1.29 is 36.6 Å². The van der Waals surface area contributed by atoms with E-state index in [1.165, 1.54) is 12.6 Å². The highest BCUT2D eigenvalue weighted by molar-refractivity contribution is 7.93. The fourth-order valence-corrected chi connectivity index (χ4v) is 6.65. The van der Waals surface area contributed by atoms with Crippen LogP contribution in [0.15, 0.2) is 57.9 Å². The van der Waals surface area contributed by atoms with E-state index in [4.69, 9.17) is 19.9 Å². The van der Waals surface area contributed by atoms with Gasteiger partial charge >= 0.3 is 5.97 Å². The molecule has 0 aliphatic carbocycles. The Hall–Kier alpha value is -4.28. The number of nitrogens with one attached hydrogen (secondary N) is 1. The molecule has 0 radical (unpaired) electrons. The fourth-order valence-electron chi connectivity index (χ4n) is 4.17. The number of benzene rings is 2. The van der Waals surface area contributed by atoms with E-state index in [9.17, 15) is 18.0 Å². The maximum absolute atomic E-state index is 15.3. The Kier molecular flexibility index (Phi) is 10.6. The molecule has 0 spiro atoms. The number of sulfonamides is 1. The number of esters is 1. The Morgan fingerprint density at radius 3 is 2.49 bits per heavy atom. The Bertz CT molecular complexity index is 1650. The van der Waals surface area contributed by atoms with Crippen molar-refractivity contribution in [1.29, 1.82) is 0 Å². The number of nitrogens with two attached hydrogens (primary N) is 1. The second-order valence-electron chi connectivity index (χ2n) is 10.8. The summed E-state index contributed by atoms with van der Waals surface area (Å²) >= 11 is 0.920. The number of rotatable bonds is 10. The van der Waals surface area contributed by atoms with Gasteiger partial charge in [-0.3, -0.25) is 9.10 Å². The summed E-state index contributed by atoms with van der Waals surface area (Å²) in [4.78, 5) is 35.0. The molecule has 1 fully saturated rings. The standard InChI is InChI=1S/C29H35FN6O7S2/c1-29(2,3)43-27(38)25-26(44-18-33-25)36(17-19-5-7-20(41-4)8-6-19)45(39,40)21-9-10-23(22(30)15-21)34-24(37)16-32-28(31)35-11-13-42-14-12-35/h5-10,15,18H,11-14,16-17H2,1-4H3,(H2,31,32)(H,34,37). The summed E-state index contributed by atoms with van der Waals surface area (Å²) in [6, 6.07) is 9.77. The van der Waals surface area contributed by atoms with Crippen LogP contribution >= 0.6 is 11.3 Å². The molecular formula is C29H35FN6O7S2. The summed E-state index contributed by atoms with van der Waals surface area (Å²) in [6.07, 6.45) is 0. The van der Waals surface area contributed by atoms with Gasteiger partial charge in [0.1, 0.15) is 28.7 Å². The molecule has 242 valence electrons. The van der Waals surface area contributed by atoms with Gasteiger partial charge in [-0.2, -0.15) is 0 Å². The topological polar surface area (TPSA) is 166 Å². The first-order valence-electron chi connectivity index (χ1n) is 13.8. The highest BCUT2D eigenvalue weighted by Gasteiger charge is 2.33. The summed E-state index contributed by atoms with van der Waals surface area (Å²) in [6.45, 7) is 6.52. The molecule has 13 nitrogen and oxygen atoms in total. The first-order chi connectivity index (χ1) is 21.3. The molecule has 2 aromatic carbocycles. The number of nitrogens with zero attached hydrogens (tertiary/aromatic N) is 4. The van der Waals surface area contributed by atoms with Crippen LogP contribution in [0.2, 0.25) is 0 Å². The van der Waals surface area contributed by atoms with E-state index in [1.807, 2.05) is 0 Å². The number of hydrogen-bond donors (Lipinski definition) is 2. The lowest BCUT2D eigenvalue weighted by atomic mass is 10.2. The van der Waals surface area contributed by atoms with E-state index in [2.05, 4.69) is 15.3 Å². The predicted molar refractivity (Wildman–Crippen MR) is 168 cm³/mol. The van der Waals surface area contributed by atoms with Gasteiger partial charge in [0, 0.05) is 13.1 Å². The molecule has 1 aliphatic rings. The van der Waals surface area contributed by atoms with Crippen LogP contribution in [0.1, 0.15) is 36.8 Å². The van der Waals surface area contributed by atoms with Gasteiger partial charge < -0.3 is 30.2 Å². The number of hydrogen-bond acceptors (Lipinski definition) is 10. The van der Waals surface area contributed by atoms with Gasteiger partial charge in [0.2, 0.25) is 5.91 Å². The first-order valence-corrected chi connectivity index (χ1v) is 16.1. The van der Waals surface area contributed by atoms with Gasteiger partial charge in [0.25, 0.3) is 10.0 Å². The van der Waals surface area contributed by atoms with Crippen LogP contribution in [-0.2, 0) is 30.8 Å². The van der Waals surface area contributed by atoms with E-state index in [0.717, 1.165) is 33.8 Å². The van der Waals surface area contributed by atoms with Crippen molar-refractivity contribution in [3.63, 3.8) is 0 Å². The molecular weight excluding hydrogens is 627 g/mol. The van der Waals surface area contributed by atoms with Crippen molar-refractivity contribution in [2.24, 2.45) is 10.7 Å². The molecule has 0 bridgehead atoms. The zero-order valence-corrected chi connectivity index (χ0v) is 26.9. The normalized spacial score (nSPS) is 14.2. The Labute approximate surface area is 264 Å². The van der Waals surface area contributed by atoms with Crippen molar-refractivity contribution in [3.8, 4) is 5.75 Å². The third-order valence-electron chi connectivity index (χ3n) is 6.38. The van der Waals surface area contributed by atoms with E-state index >= 15 is 4.39 Å². The average molecular weight is 663 g/mol. The maximum atomic E-state index is 15.3. The molecule has 3 N–H and O–H groups in total. The van der Waals surface area contributed by atoms with E-state index in [-0.39, 0.29) is 35.4 Å². The lowest BCUT2D eigenvalue weighted by molar-refractivity contribution is -0.114. The zero-order chi connectivity index (χ0) is 32.8. The van der Waals surface area contributed by atoms with Crippen LogP contribution in [0.5, 0.6) is 5.75 Å². The highest BCUT2D eigenvalue weighted by atomic mass is 32.2. The van der Waals surface area contributed by atoms with Gasteiger partial charge in [0.05, 0.1) is 43.0 Å². The molecule has 4 rings (SSSR count). The van der Waals surface area contributed by atoms with Crippen molar-refractivity contribution in [1.82, 2.24) is 9.88 Å². The average Bonchev–Trinajstić information content (AvgIpc) is 3.49. The molecule has 1 aliphatic heterocycles. The number of guanidine groups is 1. The van der Waals surface area contributed by atoms with Gasteiger partial charge in [-0.15, -0.1) is 11.3 Å². The van der Waals surface area contributed by atoms with Crippen LogP contribution < -0.4 is 20.1 Å². The number of thiazole rings is 1. The van der Waals surface area contributed by atoms with Crippen molar-refractivity contribution in [2.45, 2.75) is 37.8 Å². The zero-order valence-electron chi connectivity index (χ0n) is 25.3. The molecule has 0 atom stereocenters. The summed E-state index contributed by atoms with van der Waals surface area (Å²) in [5.41, 5.74) is 6.53. The smallest absolute Gasteiger partial charge is 0.360 e. The van der Waals surface area contributed by atoms with Crippen LogP contribution in [0.25, 0.3) is 0 Å². The monoisotopic (exact) mass is 662 g/mol. The van der Waals surface area contributed by atoms with Crippen LogP contribution in [-0.4, -0.2) is 81.7 Å². The molecule has 0 unspecified atom stereocenters. The molecule has 2 heterocycles. The molecule has 45 heavy (non-hydrogen) atoms. The number of aliphatic imine (C=N–C) groups is 1. The third kappa shape index (κ3) is 8.67. The number of amides is 1. The lowest BCUT2D eigenvalue weighted by Crippen LogP contribution is -2.45. The summed E-state index contributed by atoms with van der Waals surface area (Å²) in [7, 11) is -2.98. The van der Waals surface area contributed by atoms with Gasteiger partial charge in [-0.25, -0.2) is 27.6 Å². The van der Waals surface area contributed by atoms with Gasteiger partial charge in [0.15, 0.2) is 11.7 Å². The van der Waals surface area contributed by atoms with E-state index in [0.29, 0.717) is 37.6 Å². The number of anilines is 2. The van der Waals surface area contributed by atoms with Gasteiger partial charge in [-0.05, 0) is 56.7 Å².